The third kappa shape index (κ3) is 4.27. The Balaban J connectivity index is 1.46. The molecule has 0 radical (unpaired) electrons. The van der Waals surface area contributed by atoms with Crippen molar-refractivity contribution in [1.29, 1.82) is 0 Å². The Hall–Kier alpha value is -4.04. The predicted molar refractivity (Wildman–Crippen MR) is 131 cm³/mol. The second-order valence-electron chi connectivity index (χ2n) is 7.55. The van der Waals surface area contributed by atoms with Crippen molar-refractivity contribution in [3.8, 4) is 5.69 Å². The molecule has 0 spiro atoms. The molecule has 8 heteroatoms. The molecule has 0 aliphatic carbocycles. The van der Waals surface area contributed by atoms with Crippen molar-refractivity contribution in [3.63, 3.8) is 0 Å². The molecule has 5 rings (SSSR count). The van der Waals surface area contributed by atoms with Gasteiger partial charge in [0, 0.05) is 11.8 Å². The lowest BCUT2D eigenvalue weighted by Gasteiger charge is -2.14. The number of benzene rings is 4. The Morgan fingerprint density at radius 2 is 1.68 bits per heavy atom. The molecule has 0 unspecified atom stereocenters. The van der Waals surface area contributed by atoms with E-state index in [1.54, 1.807) is 24.3 Å². The fourth-order valence-corrected chi connectivity index (χ4v) is 4.48. The average Bonchev–Trinajstić information content (AvgIpc) is 2.83. The van der Waals surface area contributed by atoms with Crippen molar-refractivity contribution >= 4 is 45.0 Å². The average molecular weight is 474 g/mol. The van der Waals surface area contributed by atoms with Gasteiger partial charge in [0.05, 0.1) is 22.3 Å². The summed E-state index contributed by atoms with van der Waals surface area (Å²) in [5.74, 6) is -2.04. The maximum Gasteiger partial charge on any atom is 0.266 e. The molecular weight excluding hydrogens is 456 g/mol. The molecule has 5 aromatic rings. The van der Waals surface area contributed by atoms with Gasteiger partial charge in [-0.05, 0) is 47.2 Å². The van der Waals surface area contributed by atoms with E-state index in [0.717, 1.165) is 33.2 Å². The number of anilines is 1. The lowest BCUT2D eigenvalue weighted by Crippen LogP contribution is -2.23. The summed E-state index contributed by atoms with van der Waals surface area (Å²) < 4.78 is 29.1. The van der Waals surface area contributed by atoms with Gasteiger partial charge in [-0.25, -0.2) is 13.8 Å². The van der Waals surface area contributed by atoms with Crippen molar-refractivity contribution in [2.45, 2.75) is 5.16 Å². The molecule has 0 aliphatic heterocycles. The van der Waals surface area contributed by atoms with Crippen LogP contribution in [0.2, 0.25) is 0 Å². The van der Waals surface area contributed by atoms with Crippen molar-refractivity contribution < 1.29 is 13.6 Å². The van der Waals surface area contributed by atoms with Gasteiger partial charge in [-0.1, -0.05) is 54.2 Å². The predicted octanol–water partition coefficient (Wildman–Crippen LogP) is 5.55. The summed E-state index contributed by atoms with van der Waals surface area (Å²) in [5.41, 5.74) is 0.414. The lowest BCUT2D eigenvalue weighted by molar-refractivity contribution is -0.113. The zero-order chi connectivity index (χ0) is 23.7. The number of thioether (sulfide) groups is 1. The van der Waals surface area contributed by atoms with Gasteiger partial charge >= 0.3 is 0 Å². The Kier molecular flexibility index (Phi) is 5.81. The molecule has 34 heavy (non-hydrogen) atoms. The van der Waals surface area contributed by atoms with E-state index in [-0.39, 0.29) is 27.9 Å². The van der Waals surface area contributed by atoms with Crippen LogP contribution in [0.25, 0.3) is 27.4 Å². The minimum absolute atomic E-state index is 0.0690. The SMILES string of the molecule is O=C(CSc1nc2ccccc2c(=O)n1-c1ccc(F)cc1F)Nc1ccc2ccccc2c1. The fraction of sp³-hybridized carbons (Fsp3) is 0.0385. The Labute approximate surface area is 197 Å². The van der Waals surface area contributed by atoms with E-state index in [1.807, 2.05) is 42.5 Å². The topological polar surface area (TPSA) is 64.0 Å². The number of nitrogens with one attached hydrogen (secondary N) is 1. The normalized spacial score (nSPS) is 11.1. The summed E-state index contributed by atoms with van der Waals surface area (Å²) in [5, 5.41) is 5.30. The van der Waals surface area contributed by atoms with E-state index >= 15 is 0 Å². The van der Waals surface area contributed by atoms with Crippen molar-refractivity contribution in [2.24, 2.45) is 0 Å². The number of carbonyl (C=O) groups is 1. The maximum absolute atomic E-state index is 14.6. The number of para-hydroxylation sites is 1. The summed E-state index contributed by atoms with van der Waals surface area (Å²) in [6.07, 6.45) is 0. The van der Waals surface area contributed by atoms with Crippen molar-refractivity contribution in [2.75, 3.05) is 11.1 Å². The Bertz CT molecular complexity index is 1620. The van der Waals surface area contributed by atoms with Crippen LogP contribution in [0, 0.1) is 11.6 Å². The highest BCUT2D eigenvalue weighted by molar-refractivity contribution is 7.99. The molecule has 168 valence electrons. The third-order valence-electron chi connectivity index (χ3n) is 5.26. The van der Waals surface area contributed by atoms with Crippen LogP contribution in [0.1, 0.15) is 0 Å². The van der Waals surface area contributed by atoms with E-state index in [1.165, 1.54) is 6.07 Å². The molecule has 1 N–H and O–H groups in total. The van der Waals surface area contributed by atoms with E-state index in [2.05, 4.69) is 10.3 Å². The molecule has 1 aromatic heterocycles. The number of nitrogens with zero attached hydrogens (tertiary/aromatic N) is 2. The third-order valence-corrected chi connectivity index (χ3v) is 6.20. The van der Waals surface area contributed by atoms with Crippen molar-refractivity contribution in [3.05, 3.63) is 107 Å². The van der Waals surface area contributed by atoms with Crippen molar-refractivity contribution in [1.82, 2.24) is 9.55 Å². The molecule has 1 amide bonds. The van der Waals surface area contributed by atoms with Gasteiger partial charge in [0.15, 0.2) is 5.16 Å². The largest absolute Gasteiger partial charge is 0.325 e. The van der Waals surface area contributed by atoms with Crippen LogP contribution in [0.3, 0.4) is 0 Å². The lowest BCUT2D eigenvalue weighted by atomic mass is 10.1. The fourth-order valence-electron chi connectivity index (χ4n) is 3.68. The number of hydrogen-bond acceptors (Lipinski definition) is 4. The first-order valence-corrected chi connectivity index (χ1v) is 11.4. The molecule has 0 bridgehead atoms. The molecule has 5 nitrogen and oxygen atoms in total. The zero-order valence-electron chi connectivity index (χ0n) is 17.7. The maximum atomic E-state index is 14.6. The minimum Gasteiger partial charge on any atom is -0.325 e. The molecule has 0 atom stereocenters. The summed E-state index contributed by atoms with van der Waals surface area (Å²) in [6, 6.07) is 23.0. The summed E-state index contributed by atoms with van der Waals surface area (Å²) in [6.45, 7) is 0. The first-order chi connectivity index (χ1) is 16.5. The van der Waals surface area contributed by atoms with E-state index in [0.29, 0.717) is 17.3 Å². The van der Waals surface area contributed by atoms with Gasteiger partial charge in [0.25, 0.3) is 5.56 Å². The first-order valence-electron chi connectivity index (χ1n) is 10.4. The van der Waals surface area contributed by atoms with Crippen LogP contribution in [-0.2, 0) is 4.79 Å². The van der Waals surface area contributed by atoms with E-state index in [4.69, 9.17) is 0 Å². The second-order valence-corrected chi connectivity index (χ2v) is 8.49. The van der Waals surface area contributed by atoms with Gasteiger partial charge in [-0.3, -0.25) is 14.2 Å². The van der Waals surface area contributed by atoms with Crippen LogP contribution < -0.4 is 10.9 Å². The standard InChI is InChI=1S/C26H17F2N3O2S/c27-18-10-12-23(21(28)14-18)31-25(33)20-7-3-4-8-22(20)30-26(31)34-15-24(32)29-19-11-9-16-5-1-2-6-17(16)13-19/h1-14H,15H2,(H,29,32). The molecule has 0 aliphatic rings. The Morgan fingerprint density at radius 3 is 2.50 bits per heavy atom. The highest BCUT2D eigenvalue weighted by Crippen LogP contribution is 2.24. The molecule has 0 fully saturated rings. The molecule has 0 saturated heterocycles. The number of carbonyl (C=O) groups excluding carboxylic acids is 1. The van der Waals surface area contributed by atoms with Crippen LogP contribution in [0.5, 0.6) is 0 Å². The Morgan fingerprint density at radius 1 is 0.912 bits per heavy atom. The summed E-state index contributed by atoms with van der Waals surface area (Å²) in [4.78, 5) is 30.3. The molecule has 4 aromatic carbocycles. The number of aromatic nitrogens is 2. The van der Waals surface area contributed by atoms with E-state index < -0.39 is 17.2 Å². The molecule has 0 saturated carbocycles. The minimum atomic E-state index is -0.901. The summed E-state index contributed by atoms with van der Waals surface area (Å²) in [7, 11) is 0. The van der Waals surface area contributed by atoms with E-state index in [9.17, 15) is 18.4 Å². The summed E-state index contributed by atoms with van der Waals surface area (Å²) >= 11 is 0.994. The van der Waals surface area contributed by atoms with Crippen LogP contribution in [-0.4, -0.2) is 21.2 Å². The van der Waals surface area contributed by atoms with Gasteiger partial charge in [0.1, 0.15) is 11.6 Å². The van der Waals surface area contributed by atoms with Crippen LogP contribution in [0.4, 0.5) is 14.5 Å². The monoisotopic (exact) mass is 473 g/mol. The number of rotatable bonds is 5. The number of amides is 1. The number of fused-ring (bicyclic) bond motifs is 2. The number of hydrogen-bond donors (Lipinski definition) is 1. The molecule has 1 heterocycles. The first kappa shape index (κ1) is 21.8. The van der Waals surface area contributed by atoms with Gasteiger partial charge in [-0.2, -0.15) is 0 Å². The zero-order valence-corrected chi connectivity index (χ0v) is 18.5. The van der Waals surface area contributed by atoms with Gasteiger partial charge in [-0.15, -0.1) is 0 Å². The van der Waals surface area contributed by atoms with Crippen LogP contribution >= 0.6 is 11.8 Å². The van der Waals surface area contributed by atoms with Crippen LogP contribution in [0.15, 0.2) is 94.9 Å². The second kappa shape index (κ2) is 9.07. The van der Waals surface area contributed by atoms with Gasteiger partial charge in [0.2, 0.25) is 5.91 Å². The highest BCUT2D eigenvalue weighted by atomic mass is 32.2. The molecular formula is C26H17F2N3O2S. The quantitative estimate of drug-likeness (QED) is 0.269. The smallest absolute Gasteiger partial charge is 0.266 e. The number of halogens is 2. The highest BCUT2D eigenvalue weighted by Gasteiger charge is 2.18. The van der Waals surface area contributed by atoms with Gasteiger partial charge < -0.3 is 5.32 Å².